The van der Waals surface area contributed by atoms with Gasteiger partial charge in [-0.15, -0.1) is 37.2 Å². The van der Waals surface area contributed by atoms with E-state index in [2.05, 4.69) is 19.2 Å². The van der Waals surface area contributed by atoms with Crippen LogP contribution in [0.2, 0.25) is 0 Å². The molecule has 0 saturated carbocycles. The molecule has 0 amide bonds. The van der Waals surface area contributed by atoms with Gasteiger partial charge in [0.05, 0.1) is 0 Å². The van der Waals surface area contributed by atoms with E-state index in [1.54, 1.807) is 0 Å². The lowest BCUT2D eigenvalue weighted by Crippen LogP contribution is -2.47. The number of nitrogens with one attached hydrogen (secondary N) is 1. The second-order valence-electron chi connectivity index (χ2n) is 2.80. The highest BCUT2D eigenvalue weighted by Gasteiger charge is 2.11. The normalized spacial score (nSPS) is 9.00. The molecule has 3 nitrogen and oxygen atoms in total. The Bertz CT molecular complexity index is 80.4. The molecule has 12 heavy (non-hydrogen) atoms. The van der Waals surface area contributed by atoms with Crippen molar-refractivity contribution in [2.45, 2.75) is 19.4 Å². The van der Waals surface area contributed by atoms with Crippen LogP contribution in [0, 0.1) is 0 Å². The van der Waals surface area contributed by atoms with E-state index in [1.165, 1.54) is 0 Å². The van der Waals surface area contributed by atoms with Crippen molar-refractivity contribution in [2.24, 2.45) is 11.5 Å². The van der Waals surface area contributed by atoms with Crippen molar-refractivity contribution in [1.82, 2.24) is 5.32 Å². The second-order valence-corrected chi connectivity index (χ2v) is 2.80. The number of nitrogens with two attached hydrogens (primary N) is 2. The minimum Gasteiger partial charge on any atom is -0.329 e. The second kappa shape index (κ2) is 11.8. The Kier molecular flexibility index (Phi) is 22.5. The van der Waals surface area contributed by atoms with E-state index in [-0.39, 0.29) is 42.8 Å². The van der Waals surface area contributed by atoms with Crippen LogP contribution in [0.1, 0.15) is 13.8 Å². The van der Waals surface area contributed by atoms with Crippen molar-refractivity contribution in [2.75, 3.05) is 19.6 Å². The third-order valence-corrected chi connectivity index (χ3v) is 1.26. The maximum absolute atomic E-state index is 5.44. The van der Waals surface area contributed by atoms with Crippen LogP contribution in [0.25, 0.3) is 0 Å². The number of hydrogen-bond acceptors (Lipinski definition) is 3. The minimum absolute atomic E-state index is 0. The first-order valence-electron chi connectivity index (χ1n) is 3.27. The molecule has 0 unspecified atom stereocenters. The highest BCUT2D eigenvalue weighted by Crippen LogP contribution is 1.95. The standard InChI is InChI=1S/C6H17N3.3ClH/c1-6(2,5-8)9-4-3-7;;;/h9H,3-5,7-8H2,1-2H3;3*1H. The first-order valence-corrected chi connectivity index (χ1v) is 3.27. The zero-order valence-corrected chi connectivity index (χ0v) is 9.95. The molecule has 80 valence electrons. The van der Waals surface area contributed by atoms with Crippen molar-refractivity contribution >= 4 is 37.2 Å². The molecule has 0 rings (SSSR count). The van der Waals surface area contributed by atoms with E-state index in [0.29, 0.717) is 13.1 Å². The number of hydrogen-bond donors (Lipinski definition) is 3. The molecule has 0 radical (unpaired) electrons. The Morgan fingerprint density at radius 1 is 1.08 bits per heavy atom. The van der Waals surface area contributed by atoms with Gasteiger partial charge in [0, 0.05) is 25.2 Å². The molecule has 5 N–H and O–H groups in total. The van der Waals surface area contributed by atoms with Crippen LogP contribution >= 0.6 is 37.2 Å². The molecule has 0 aliphatic rings. The zero-order chi connectivity index (χ0) is 7.33. The van der Waals surface area contributed by atoms with E-state index in [9.17, 15) is 0 Å². The topological polar surface area (TPSA) is 64.1 Å². The van der Waals surface area contributed by atoms with Gasteiger partial charge in [-0.05, 0) is 13.8 Å². The first-order chi connectivity index (χ1) is 4.12. The smallest absolute Gasteiger partial charge is 0.0247 e. The fraction of sp³-hybridized carbons (Fsp3) is 1.00. The Morgan fingerprint density at radius 2 is 1.50 bits per heavy atom. The molecule has 0 fully saturated rings. The third-order valence-electron chi connectivity index (χ3n) is 1.26. The van der Waals surface area contributed by atoms with Gasteiger partial charge in [-0.3, -0.25) is 0 Å². The van der Waals surface area contributed by atoms with Crippen LogP contribution in [0.3, 0.4) is 0 Å². The summed E-state index contributed by atoms with van der Waals surface area (Å²) >= 11 is 0. The molecular weight excluding hydrogens is 220 g/mol. The summed E-state index contributed by atoms with van der Waals surface area (Å²) in [5.74, 6) is 0. The molecule has 0 aromatic heterocycles. The summed E-state index contributed by atoms with van der Waals surface area (Å²) in [5, 5.41) is 3.21. The average Bonchev–Trinajstić information content (AvgIpc) is 1.84. The molecule has 0 heterocycles. The van der Waals surface area contributed by atoms with Crippen LogP contribution in [-0.2, 0) is 0 Å². The molecule has 0 aromatic carbocycles. The Labute approximate surface area is 93.3 Å². The van der Waals surface area contributed by atoms with Gasteiger partial charge in [0.2, 0.25) is 0 Å². The number of halogens is 3. The Morgan fingerprint density at radius 3 is 1.75 bits per heavy atom. The van der Waals surface area contributed by atoms with Crippen LogP contribution in [0.4, 0.5) is 0 Å². The molecule has 0 aromatic rings. The van der Waals surface area contributed by atoms with Crippen molar-refractivity contribution in [3.8, 4) is 0 Å². The molecule has 0 spiro atoms. The van der Waals surface area contributed by atoms with Crippen LogP contribution in [0.15, 0.2) is 0 Å². The maximum atomic E-state index is 5.44. The largest absolute Gasteiger partial charge is 0.329 e. The monoisotopic (exact) mass is 239 g/mol. The van der Waals surface area contributed by atoms with Gasteiger partial charge in [0.25, 0.3) is 0 Å². The van der Waals surface area contributed by atoms with Gasteiger partial charge < -0.3 is 16.8 Å². The zero-order valence-electron chi connectivity index (χ0n) is 7.50. The predicted molar refractivity (Wildman–Crippen MR) is 61.9 cm³/mol. The quantitative estimate of drug-likeness (QED) is 0.672. The average molecular weight is 241 g/mol. The highest BCUT2D eigenvalue weighted by molar-refractivity contribution is 5.86. The number of rotatable bonds is 4. The summed E-state index contributed by atoms with van der Waals surface area (Å²) in [6, 6.07) is 0. The lowest BCUT2D eigenvalue weighted by atomic mass is 10.1. The van der Waals surface area contributed by atoms with E-state index >= 15 is 0 Å². The molecule has 0 saturated heterocycles. The minimum atomic E-state index is 0. The predicted octanol–water partition coefficient (Wildman–Crippen LogP) is 0.537. The van der Waals surface area contributed by atoms with Crippen molar-refractivity contribution in [1.29, 1.82) is 0 Å². The van der Waals surface area contributed by atoms with Crippen molar-refractivity contribution < 1.29 is 0 Å². The molecule has 0 atom stereocenters. The van der Waals surface area contributed by atoms with Gasteiger partial charge in [-0.1, -0.05) is 0 Å². The SMILES string of the molecule is CC(C)(CN)NCCN.Cl.Cl.Cl. The van der Waals surface area contributed by atoms with Gasteiger partial charge in [0.15, 0.2) is 0 Å². The lowest BCUT2D eigenvalue weighted by molar-refractivity contribution is 0.404. The van der Waals surface area contributed by atoms with E-state index < -0.39 is 0 Å². The summed E-state index contributed by atoms with van der Waals surface area (Å²) in [5.41, 5.74) is 10.8. The summed E-state index contributed by atoms with van der Waals surface area (Å²) in [6.07, 6.45) is 0. The highest BCUT2D eigenvalue weighted by atomic mass is 35.5. The van der Waals surface area contributed by atoms with Gasteiger partial charge >= 0.3 is 0 Å². The Hall–Kier alpha value is 0.750. The van der Waals surface area contributed by atoms with E-state index in [4.69, 9.17) is 11.5 Å². The molecular formula is C6H20Cl3N3. The molecule has 0 bridgehead atoms. The van der Waals surface area contributed by atoms with Gasteiger partial charge in [0.1, 0.15) is 0 Å². The summed E-state index contributed by atoms with van der Waals surface area (Å²) in [7, 11) is 0. The van der Waals surface area contributed by atoms with Crippen LogP contribution < -0.4 is 16.8 Å². The molecule has 6 heteroatoms. The Balaban J connectivity index is -0.000000107. The van der Waals surface area contributed by atoms with Gasteiger partial charge in [-0.2, -0.15) is 0 Å². The van der Waals surface area contributed by atoms with Crippen LogP contribution in [-0.4, -0.2) is 25.2 Å². The maximum Gasteiger partial charge on any atom is 0.0247 e. The summed E-state index contributed by atoms with van der Waals surface area (Å²) < 4.78 is 0. The lowest BCUT2D eigenvalue weighted by Gasteiger charge is -2.23. The first kappa shape index (κ1) is 23.0. The van der Waals surface area contributed by atoms with E-state index in [1.807, 2.05) is 0 Å². The summed E-state index contributed by atoms with van der Waals surface area (Å²) in [6.45, 7) is 6.27. The van der Waals surface area contributed by atoms with Gasteiger partial charge in [-0.25, -0.2) is 0 Å². The van der Waals surface area contributed by atoms with Crippen molar-refractivity contribution in [3.63, 3.8) is 0 Å². The van der Waals surface area contributed by atoms with E-state index in [0.717, 1.165) is 6.54 Å². The fourth-order valence-corrected chi connectivity index (χ4v) is 0.483. The summed E-state index contributed by atoms with van der Waals surface area (Å²) in [4.78, 5) is 0. The fourth-order valence-electron chi connectivity index (χ4n) is 0.483. The molecule has 0 aliphatic carbocycles. The van der Waals surface area contributed by atoms with Crippen molar-refractivity contribution in [3.05, 3.63) is 0 Å². The molecule has 0 aliphatic heterocycles. The van der Waals surface area contributed by atoms with Crippen LogP contribution in [0.5, 0.6) is 0 Å². The third kappa shape index (κ3) is 13.3.